The fourth-order valence-corrected chi connectivity index (χ4v) is 6.85. The average molecular weight is 684 g/mol. The molecule has 0 aliphatic carbocycles. The van der Waals surface area contributed by atoms with E-state index < -0.39 is 21.6 Å². The third-order valence-electron chi connectivity index (χ3n) is 7.74. The standard InChI is InChI=1S/C34H45N5O8S/c1-9-13-28-36-31(34(6,7)41)30(33(40)46-11-3)38(28)19-24-15-16-26(25(18-24)20-45-10-2)29-27(14-12-17-35-29)48(42,43)39(21-44-8)32-22(4)23(5)37-47-32/h12,14-18,41H,9-11,13,19-21H2,1-8H3. The van der Waals surface area contributed by atoms with Crippen LogP contribution in [0.15, 0.2) is 45.9 Å². The summed E-state index contributed by atoms with van der Waals surface area (Å²) in [6.07, 6.45) is 2.87. The summed E-state index contributed by atoms with van der Waals surface area (Å²) in [5.41, 5.74) is 2.44. The molecule has 0 radical (unpaired) electrons. The van der Waals surface area contributed by atoms with Gasteiger partial charge in [-0.3, -0.25) is 4.98 Å². The van der Waals surface area contributed by atoms with E-state index in [2.05, 4.69) is 10.1 Å². The van der Waals surface area contributed by atoms with Gasteiger partial charge in [0.1, 0.15) is 28.7 Å². The lowest BCUT2D eigenvalue weighted by atomic mass is 10.0. The molecule has 0 spiro atoms. The Morgan fingerprint density at radius 3 is 2.48 bits per heavy atom. The van der Waals surface area contributed by atoms with E-state index >= 15 is 0 Å². The van der Waals surface area contributed by atoms with Crippen LogP contribution in [0, 0.1) is 13.8 Å². The minimum Gasteiger partial charge on any atom is -0.461 e. The van der Waals surface area contributed by atoms with Gasteiger partial charge in [0.2, 0.25) is 5.88 Å². The highest BCUT2D eigenvalue weighted by molar-refractivity contribution is 7.93. The van der Waals surface area contributed by atoms with Crippen molar-refractivity contribution in [3.05, 3.63) is 76.1 Å². The molecule has 260 valence electrons. The maximum Gasteiger partial charge on any atom is 0.357 e. The van der Waals surface area contributed by atoms with Gasteiger partial charge < -0.3 is 28.4 Å². The van der Waals surface area contributed by atoms with Crippen molar-refractivity contribution in [2.45, 2.75) is 85.0 Å². The highest BCUT2D eigenvalue weighted by Crippen LogP contribution is 2.35. The van der Waals surface area contributed by atoms with E-state index in [0.717, 1.165) is 16.3 Å². The molecule has 0 atom stereocenters. The molecule has 0 aliphatic heterocycles. The Bertz CT molecular complexity index is 1840. The van der Waals surface area contributed by atoms with Gasteiger partial charge in [-0.15, -0.1) is 0 Å². The van der Waals surface area contributed by atoms with Crippen molar-refractivity contribution in [2.24, 2.45) is 0 Å². The van der Waals surface area contributed by atoms with Crippen molar-refractivity contribution in [3.8, 4) is 11.3 Å². The van der Waals surface area contributed by atoms with Crippen molar-refractivity contribution in [1.82, 2.24) is 19.7 Å². The van der Waals surface area contributed by atoms with Crippen LogP contribution in [0.25, 0.3) is 11.3 Å². The van der Waals surface area contributed by atoms with Crippen molar-refractivity contribution in [3.63, 3.8) is 0 Å². The summed E-state index contributed by atoms with van der Waals surface area (Å²) in [7, 11) is -2.86. The number of aromatic nitrogens is 4. The van der Waals surface area contributed by atoms with Crippen molar-refractivity contribution in [1.29, 1.82) is 0 Å². The molecule has 0 bridgehead atoms. The number of esters is 1. The Morgan fingerprint density at radius 2 is 1.88 bits per heavy atom. The smallest absolute Gasteiger partial charge is 0.357 e. The first kappa shape index (κ1) is 36.7. The van der Waals surface area contributed by atoms with Crippen LogP contribution >= 0.6 is 0 Å². The number of ether oxygens (including phenoxy) is 3. The summed E-state index contributed by atoms with van der Waals surface area (Å²) < 4.78 is 53.3. The first-order valence-corrected chi connectivity index (χ1v) is 17.3. The van der Waals surface area contributed by atoms with Crippen molar-refractivity contribution < 1.29 is 37.1 Å². The molecule has 0 aliphatic rings. The maximum atomic E-state index is 14.3. The number of carbonyl (C=O) groups excluding carboxylic acids is 1. The SMILES string of the molecule is CCCc1nc(C(C)(C)O)c(C(=O)OCC)n1Cc1ccc(-c2ncccc2S(=O)(=O)N(COC)c2onc(C)c2C)c(COCC)c1. The van der Waals surface area contributed by atoms with Crippen LogP contribution in [0.1, 0.15) is 85.4 Å². The van der Waals surface area contributed by atoms with Crippen molar-refractivity contribution >= 4 is 21.9 Å². The molecular weight excluding hydrogens is 638 g/mol. The summed E-state index contributed by atoms with van der Waals surface area (Å²) in [5.74, 6) is 0.124. The number of carbonyl (C=O) groups is 1. The number of methoxy groups -OCH3 is 1. The third-order valence-corrected chi connectivity index (χ3v) is 9.48. The van der Waals surface area contributed by atoms with Gasteiger partial charge in [-0.05, 0) is 71.2 Å². The van der Waals surface area contributed by atoms with E-state index in [0.29, 0.717) is 41.2 Å². The zero-order valence-electron chi connectivity index (χ0n) is 28.9. The fourth-order valence-electron chi connectivity index (χ4n) is 5.32. The minimum atomic E-state index is -4.26. The maximum absolute atomic E-state index is 14.3. The molecule has 0 saturated heterocycles. The second kappa shape index (κ2) is 15.4. The zero-order chi connectivity index (χ0) is 35.2. The summed E-state index contributed by atoms with van der Waals surface area (Å²) in [4.78, 5) is 22.4. The first-order chi connectivity index (χ1) is 22.8. The molecule has 1 aromatic carbocycles. The number of imidazole rings is 1. The van der Waals surface area contributed by atoms with Gasteiger partial charge in [0, 0.05) is 44.0 Å². The molecular formula is C34H45N5O8S. The van der Waals surface area contributed by atoms with Crippen LogP contribution in [0.2, 0.25) is 0 Å². The van der Waals surface area contributed by atoms with E-state index in [1.165, 1.54) is 19.4 Å². The van der Waals surface area contributed by atoms with E-state index in [1.54, 1.807) is 51.3 Å². The average Bonchev–Trinajstić information content (AvgIpc) is 3.58. The molecule has 4 aromatic rings. The number of nitrogens with zero attached hydrogens (tertiary/aromatic N) is 5. The third kappa shape index (κ3) is 7.62. The number of hydrogen-bond donors (Lipinski definition) is 1. The second-order valence-corrected chi connectivity index (χ2v) is 13.6. The summed E-state index contributed by atoms with van der Waals surface area (Å²) >= 11 is 0. The number of sulfonamides is 1. The molecule has 14 heteroatoms. The predicted octanol–water partition coefficient (Wildman–Crippen LogP) is 5.29. The summed E-state index contributed by atoms with van der Waals surface area (Å²) in [6, 6.07) is 8.60. The van der Waals surface area contributed by atoms with Crippen LogP contribution in [-0.2, 0) is 49.4 Å². The largest absolute Gasteiger partial charge is 0.461 e. The lowest BCUT2D eigenvalue weighted by Gasteiger charge is -2.23. The van der Waals surface area contributed by atoms with Crippen LogP contribution < -0.4 is 4.31 Å². The Morgan fingerprint density at radius 1 is 1.12 bits per heavy atom. The van der Waals surface area contributed by atoms with Gasteiger partial charge in [-0.25, -0.2) is 22.5 Å². The Balaban J connectivity index is 1.86. The fraction of sp³-hybridized carbons (Fsp3) is 0.471. The number of anilines is 1. The van der Waals surface area contributed by atoms with E-state index in [1.807, 2.05) is 26.0 Å². The number of hydrogen-bond acceptors (Lipinski definition) is 11. The Hall–Kier alpha value is -4.11. The monoisotopic (exact) mass is 683 g/mol. The van der Waals surface area contributed by atoms with Crippen LogP contribution in [-0.4, -0.2) is 66.2 Å². The minimum absolute atomic E-state index is 0.0553. The molecule has 3 aromatic heterocycles. The van der Waals surface area contributed by atoms with Crippen LogP contribution in [0.4, 0.5) is 5.88 Å². The lowest BCUT2D eigenvalue weighted by molar-refractivity contribution is 0.0469. The summed E-state index contributed by atoms with van der Waals surface area (Å²) in [5, 5.41) is 14.9. The lowest BCUT2D eigenvalue weighted by Crippen LogP contribution is -2.33. The molecule has 48 heavy (non-hydrogen) atoms. The second-order valence-electron chi connectivity index (χ2n) is 11.8. The van der Waals surface area contributed by atoms with Gasteiger partial charge in [0.15, 0.2) is 5.69 Å². The molecule has 0 unspecified atom stereocenters. The van der Waals surface area contributed by atoms with Crippen LogP contribution in [0.3, 0.4) is 0 Å². The van der Waals surface area contributed by atoms with E-state index in [-0.39, 0.29) is 54.4 Å². The molecule has 13 nitrogen and oxygen atoms in total. The molecule has 0 saturated carbocycles. The van der Waals surface area contributed by atoms with Gasteiger partial charge in [0.05, 0.1) is 24.6 Å². The Kier molecular flexibility index (Phi) is 11.8. The van der Waals surface area contributed by atoms with E-state index in [4.69, 9.17) is 23.7 Å². The predicted molar refractivity (Wildman–Crippen MR) is 179 cm³/mol. The molecule has 1 N–H and O–H groups in total. The molecule has 0 amide bonds. The Labute approximate surface area is 281 Å². The van der Waals surface area contributed by atoms with Gasteiger partial charge in [-0.1, -0.05) is 30.3 Å². The summed E-state index contributed by atoms with van der Waals surface area (Å²) in [6.45, 7) is 12.9. The topological polar surface area (TPSA) is 159 Å². The number of aryl methyl sites for hydroxylation is 2. The first-order valence-electron chi connectivity index (χ1n) is 15.9. The number of rotatable bonds is 16. The number of aliphatic hydroxyl groups is 1. The van der Waals surface area contributed by atoms with Gasteiger partial charge in [-0.2, -0.15) is 0 Å². The normalized spacial score (nSPS) is 12.0. The molecule has 3 heterocycles. The zero-order valence-corrected chi connectivity index (χ0v) is 29.7. The quantitative estimate of drug-likeness (QED) is 0.121. The van der Waals surface area contributed by atoms with Gasteiger partial charge >= 0.3 is 5.97 Å². The highest BCUT2D eigenvalue weighted by atomic mass is 32.2. The van der Waals surface area contributed by atoms with E-state index in [9.17, 15) is 18.3 Å². The highest BCUT2D eigenvalue weighted by Gasteiger charge is 2.34. The van der Waals surface area contributed by atoms with Crippen LogP contribution in [0.5, 0.6) is 0 Å². The number of benzene rings is 1. The molecule has 4 rings (SSSR count). The number of pyridine rings is 1. The van der Waals surface area contributed by atoms with Crippen molar-refractivity contribution in [2.75, 3.05) is 31.4 Å². The molecule has 0 fully saturated rings. The van der Waals surface area contributed by atoms with Gasteiger partial charge in [0.25, 0.3) is 10.0 Å².